The first kappa shape index (κ1) is 29.4. The van der Waals surface area contributed by atoms with Gasteiger partial charge in [0.25, 0.3) is 5.91 Å². The van der Waals surface area contributed by atoms with Gasteiger partial charge in [0, 0.05) is 29.4 Å². The Morgan fingerprint density at radius 3 is 2.34 bits per heavy atom. The summed E-state index contributed by atoms with van der Waals surface area (Å²) in [6, 6.07) is 4.96. The van der Waals surface area contributed by atoms with E-state index in [0.717, 1.165) is 30.8 Å². The van der Waals surface area contributed by atoms with Crippen molar-refractivity contribution < 1.29 is 32.6 Å². The van der Waals surface area contributed by atoms with Crippen LogP contribution < -0.4 is 19.5 Å². The first-order valence-electron chi connectivity index (χ1n) is 14.5. The maximum absolute atomic E-state index is 13.4. The van der Waals surface area contributed by atoms with Gasteiger partial charge in [0.2, 0.25) is 10.0 Å². The molecule has 2 saturated carbocycles. The minimum atomic E-state index is -3.90. The van der Waals surface area contributed by atoms with Crippen LogP contribution in [0, 0.1) is 18.8 Å². The van der Waals surface area contributed by atoms with Gasteiger partial charge >= 0.3 is 5.97 Å². The molecule has 0 unspecified atom stereocenters. The highest BCUT2D eigenvalue weighted by molar-refractivity contribution is 7.89. The van der Waals surface area contributed by atoms with Crippen molar-refractivity contribution >= 4 is 21.9 Å². The van der Waals surface area contributed by atoms with Crippen LogP contribution in [0.5, 0.6) is 11.5 Å². The van der Waals surface area contributed by atoms with Crippen molar-refractivity contribution in [1.82, 2.24) is 14.6 Å². The average Bonchev–Trinajstić information content (AvgIpc) is 3.19. The molecule has 3 N–H and O–H groups in total. The van der Waals surface area contributed by atoms with Crippen LogP contribution in [0.15, 0.2) is 23.1 Å². The fourth-order valence-corrected chi connectivity index (χ4v) is 7.70. The van der Waals surface area contributed by atoms with Crippen molar-refractivity contribution in [1.29, 1.82) is 0 Å². The van der Waals surface area contributed by atoms with Crippen LogP contribution in [0.1, 0.15) is 81.8 Å². The van der Waals surface area contributed by atoms with E-state index in [0.29, 0.717) is 35.6 Å². The molecule has 2 heterocycles. The zero-order valence-corrected chi connectivity index (χ0v) is 25.1. The lowest BCUT2D eigenvalue weighted by atomic mass is 9.80. The van der Waals surface area contributed by atoms with Crippen molar-refractivity contribution in [2.24, 2.45) is 11.8 Å². The summed E-state index contributed by atoms with van der Waals surface area (Å²) in [5.41, 5.74) is 2.09. The highest BCUT2D eigenvalue weighted by Crippen LogP contribution is 2.45. The van der Waals surface area contributed by atoms with Crippen LogP contribution in [0.25, 0.3) is 11.3 Å². The lowest BCUT2D eigenvalue weighted by Crippen LogP contribution is -2.46. The molecule has 1 amide bonds. The summed E-state index contributed by atoms with van der Waals surface area (Å²) in [4.78, 5) is 24.7. The van der Waals surface area contributed by atoms with Gasteiger partial charge in [-0.15, -0.1) is 0 Å². The monoisotopic (exact) mass is 587 g/mol. The summed E-state index contributed by atoms with van der Waals surface area (Å²) in [6.07, 6.45) is 6.67. The number of carbonyl (C=O) groups excluding carboxylic acids is 1. The molecule has 2 aliphatic carbocycles. The third-order valence-electron chi connectivity index (χ3n) is 8.26. The Morgan fingerprint density at radius 2 is 1.71 bits per heavy atom. The van der Waals surface area contributed by atoms with E-state index in [1.807, 2.05) is 13.0 Å². The summed E-state index contributed by atoms with van der Waals surface area (Å²) in [7, 11) is -3.90. The van der Waals surface area contributed by atoms with Gasteiger partial charge < -0.3 is 24.5 Å². The summed E-state index contributed by atoms with van der Waals surface area (Å²) < 4.78 is 43.4. The number of nitrogens with one attached hydrogen (secondary N) is 2. The second-order valence-electron chi connectivity index (χ2n) is 12.6. The third kappa shape index (κ3) is 6.25. The van der Waals surface area contributed by atoms with E-state index in [4.69, 9.17) is 9.47 Å². The van der Waals surface area contributed by atoms with Crippen LogP contribution in [0.4, 0.5) is 0 Å². The molecule has 1 aliphatic heterocycles. The van der Waals surface area contributed by atoms with E-state index in [1.165, 1.54) is 19.3 Å². The number of aliphatic carboxylic acids is 1. The lowest BCUT2D eigenvalue weighted by molar-refractivity contribution is -0.145. The number of amides is 1. The summed E-state index contributed by atoms with van der Waals surface area (Å²) in [5.74, 6) is -0.489. The molecule has 1 aromatic carbocycles. The van der Waals surface area contributed by atoms with Crippen LogP contribution in [-0.2, 0) is 21.4 Å². The quantitative estimate of drug-likeness (QED) is 0.414. The number of carboxylic acid groups (broad SMARTS) is 1. The van der Waals surface area contributed by atoms with Crippen molar-refractivity contribution in [3.63, 3.8) is 0 Å². The molecule has 0 atom stereocenters. The van der Waals surface area contributed by atoms with Gasteiger partial charge in [0.1, 0.15) is 18.1 Å². The highest BCUT2D eigenvalue weighted by atomic mass is 32.2. The zero-order chi connectivity index (χ0) is 29.5. The van der Waals surface area contributed by atoms with Crippen molar-refractivity contribution in [3.8, 4) is 22.8 Å². The number of fused-ring (bicyclic) bond motifs is 1. The van der Waals surface area contributed by atoms with E-state index in [9.17, 15) is 23.1 Å². The van der Waals surface area contributed by atoms with Gasteiger partial charge in [-0.3, -0.25) is 9.59 Å². The number of carbonyl (C=O) groups is 2. The normalized spacial score (nSPS) is 21.3. The van der Waals surface area contributed by atoms with Crippen LogP contribution in [0.3, 0.4) is 0 Å². The molecule has 0 radical (unpaired) electrons. The van der Waals surface area contributed by atoms with Gasteiger partial charge in [0.15, 0.2) is 11.5 Å². The van der Waals surface area contributed by atoms with Crippen LogP contribution in [0.2, 0.25) is 0 Å². The first-order valence-corrected chi connectivity index (χ1v) is 16.0. The molecular formula is C30H41N3O7S. The van der Waals surface area contributed by atoms with Crippen molar-refractivity contribution in [2.45, 2.75) is 95.7 Å². The zero-order valence-electron chi connectivity index (χ0n) is 24.3. The van der Waals surface area contributed by atoms with Crippen molar-refractivity contribution in [2.75, 3.05) is 13.2 Å². The minimum Gasteiger partial charge on any atom is -0.485 e. The molecule has 41 heavy (non-hydrogen) atoms. The Labute approximate surface area is 241 Å². The number of carboxylic acids is 1. The first-order chi connectivity index (χ1) is 19.3. The van der Waals surface area contributed by atoms with E-state index in [2.05, 4.69) is 14.6 Å². The molecule has 5 rings (SSSR count). The number of sulfonamides is 1. The predicted octanol–water partition coefficient (Wildman–Crippen LogP) is 4.48. The molecule has 2 aromatic rings. The number of hydrogen-bond acceptors (Lipinski definition) is 6. The molecule has 0 spiro atoms. The van der Waals surface area contributed by atoms with Gasteiger partial charge in [-0.25, -0.2) is 13.1 Å². The topological polar surface area (TPSA) is 136 Å². The Hall–Kier alpha value is -3.05. The average molecular weight is 588 g/mol. The molecule has 224 valence electrons. The number of ether oxygens (including phenoxy) is 2. The van der Waals surface area contributed by atoms with E-state index in [1.54, 1.807) is 32.9 Å². The number of aromatic nitrogens is 1. The Kier molecular flexibility index (Phi) is 8.13. The molecule has 3 aliphatic rings. The number of hydrogen-bond donors (Lipinski definition) is 3. The standard InChI is InChI=1S/C30H41N3O7S/c1-18-23(28(34)31-21-14-20(15-21)29(35)36)16-24(33(18)17-19-8-6-5-7-9-19)22-10-11-25(27-26(22)39-12-13-40-27)41(37,38)32-30(2,3)4/h10-11,16,19-21,32H,5-9,12-15,17H2,1-4H3,(H,31,34)(H,35,36). The second-order valence-corrected chi connectivity index (χ2v) is 14.3. The number of nitrogens with zero attached hydrogens (tertiary/aromatic N) is 1. The fourth-order valence-electron chi connectivity index (χ4n) is 6.15. The number of benzene rings is 1. The Bertz CT molecular complexity index is 1430. The van der Waals surface area contributed by atoms with Crippen molar-refractivity contribution in [3.05, 3.63) is 29.5 Å². The summed E-state index contributed by atoms with van der Waals surface area (Å²) in [5, 5.41) is 12.2. The van der Waals surface area contributed by atoms with Crippen LogP contribution >= 0.6 is 0 Å². The molecule has 2 fully saturated rings. The molecule has 11 heteroatoms. The van der Waals surface area contributed by atoms with Gasteiger partial charge in [0.05, 0.1) is 17.2 Å². The highest BCUT2D eigenvalue weighted by Gasteiger charge is 2.37. The maximum Gasteiger partial charge on any atom is 0.306 e. The smallest absolute Gasteiger partial charge is 0.306 e. The molecule has 1 aromatic heterocycles. The maximum atomic E-state index is 13.4. The largest absolute Gasteiger partial charge is 0.485 e. The summed E-state index contributed by atoms with van der Waals surface area (Å²) in [6.45, 7) is 8.50. The van der Waals surface area contributed by atoms with Gasteiger partial charge in [-0.05, 0) is 77.5 Å². The van der Waals surface area contributed by atoms with Crippen LogP contribution in [-0.4, -0.2) is 54.8 Å². The molecule has 10 nitrogen and oxygen atoms in total. The molecule has 0 bridgehead atoms. The predicted molar refractivity (Wildman–Crippen MR) is 154 cm³/mol. The van der Waals surface area contributed by atoms with E-state index in [-0.39, 0.29) is 35.8 Å². The fraction of sp³-hybridized carbons (Fsp3) is 0.600. The number of rotatable bonds is 8. The van der Waals surface area contributed by atoms with Gasteiger partial charge in [-0.1, -0.05) is 19.3 Å². The van der Waals surface area contributed by atoms with Gasteiger partial charge in [-0.2, -0.15) is 0 Å². The minimum absolute atomic E-state index is 0.0175. The molecule has 0 saturated heterocycles. The molecular weight excluding hydrogens is 546 g/mol. The van der Waals surface area contributed by atoms with E-state index < -0.39 is 27.4 Å². The third-order valence-corrected chi connectivity index (χ3v) is 10.0. The van der Waals surface area contributed by atoms with E-state index >= 15 is 0 Å². The SMILES string of the molecule is Cc1c(C(=O)NC2CC(C(=O)O)C2)cc(-c2ccc(S(=O)(=O)NC(C)(C)C)c3c2OCCO3)n1CC1CCCCC1. The lowest BCUT2D eigenvalue weighted by Gasteiger charge is -2.32. The second kappa shape index (κ2) is 11.3. The Morgan fingerprint density at radius 1 is 1.05 bits per heavy atom. The Balaban J connectivity index is 1.55. The summed E-state index contributed by atoms with van der Waals surface area (Å²) >= 11 is 0.